The van der Waals surface area contributed by atoms with Crippen LogP contribution in [0.1, 0.15) is 26.3 Å². The number of nitrogens with zero attached hydrogens (tertiary/aromatic N) is 1. The van der Waals surface area contributed by atoms with Crippen molar-refractivity contribution in [3.05, 3.63) is 29.5 Å². The molecule has 0 unspecified atom stereocenters. The van der Waals surface area contributed by atoms with E-state index in [9.17, 15) is 0 Å². The zero-order chi connectivity index (χ0) is 9.14. The first-order valence-corrected chi connectivity index (χ1v) is 3.98. The molecular formula is C10H14N2. The summed E-state index contributed by atoms with van der Waals surface area (Å²) in [6.45, 7) is 6.20. The van der Waals surface area contributed by atoms with Gasteiger partial charge in [0, 0.05) is 11.8 Å². The SMILES string of the molecule is CC(C)=C(C)c1cccnc1N. The molecule has 1 aromatic rings. The van der Waals surface area contributed by atoms with Crippen molar-refractivity contribution in [1.82, 2.24) is 4.98 Å². The molecule has 0 fully saturated rings. The maximum Gasteiger partial charge on any atom is 0.130 e. The Balaban J connectivity index is 3.21. The second kappa shape index (κ2) is 3.39. The Morgan fingerprint density at radius 3 is 2.50 bits per heavy atom. The minimum absolute atomic E-state index is 0.608. The van der Waals surface area contributed by atoms with Gasteiger partial charge in [-0.25, -0.2) is 4.98 Å². The van der Waals surface area contributed by atoms with Gasteiger partial charge >= 0.3 is 0 Å². The van der Waals surface area contributed by atoms with Crippen LogP contribution in [0.3, 0.4) is 0 Å². The molecule has 0 aliphatic rings. The monoisotopic (exact) mass is 162 g/mol. The van der Waals surface area contributed by atoms with Crippen LogP contribution in [-0.4, -0.2) is 4.98 Å². The van der Waals surface area contributed by atoms with Gasteiger partial charge in [-0.2, -0.15) is 0 Å². The molecule has 64 valence electrons. The lowest BCUT2D eigenvalue weighted by Crippen LogP contribution is -1.95. The molecule has 0 saturated heterocycles. The van der Waals surface area contributed by atoms with Gasteiger partial charge in [0.15, 0.2) is 0 Å². The highest BCUT2D eigenvalue weighted by molar-refractivity contribution is 5.73. The number of nitrogen functional groups attached to an aromatic ring is 1. The van der Waals surface area contributed by atoms with Gasteiger partial charge in [0.1, 0.15) is 5.82 Å². The fourth-order valence-corrected chi connectivity index (χ4v) is 1.00. The molecule has 2 N–H and O–H groups in total. The first-order valence-electron chi connectivity index (χ1n) is 3.98. The van der Waals surface area contributed by atoms with Crippen LogP contribution in [0.5, 0.6) is 0 Å². The van der Waals surface area contributed by atoms with Gasteiger partial charge in [0.2, 0.25) is 0 Å². The summed E-state index contributed by atoms with van der Waals surface area (Å²) in [4.78, 5) is 4.03. The predicted octanol–water partition coefficient (Wildman–Crippen LogP) is 2.48. The van der Waals surface area contributed by atoms with Crippen molar-refractivity contribution in [2.75, 3.05) is 5.73 Å². The first kappa shape index (κ1) is 8.78. The van der Waals surface area contributed by atoms with Crippen LogP contribution in [0.2, 0.25) is 0 Å². The van der Waals surface area contributed by atoms with Gasteiger partial charge in [0.25, 0.3) is 0 Å². The Bertz CT molecular complexity index is 309. The number of hydrogen-bond acceptors (Lipinski definition) is 2. The molecule has 0 spiro atoms. The normalized spacial score (nSPS) is 9.58. The van der Waals surface area contributed by atoms with Gasteiger partial charge in [-0.3, -0.25) is 0 Å². The lowest BCUT2D eigenvalue weighted by atomic mass is 10.0. The number of anilines is 1. The summed E-state index contributed by atoms with van der Waals surface area (Å²) in [6, 6.07) is 3.89. The van der Waals surface area contributed by atoms with Crippen LogP contribution in [-0.2, 0) is 0 Å². The smallest absolute Gasteiger partial charge is 0.130 e. The van der Waals surface area contributed by atoms with Crippen molar-refractivity contribution < 1.29 is 0 Å². The second-order valence-electron chi connectivity index (χ2n) is 3.06. The summed E-state index contributed by atoms with van der Waals surface area (Å²) in [7, 11) is 0. The maximum atomic E-state index is 5.71. The average molecular weight is 162 g/mol. The molecule has 1 aromatic heterocycles. The van der Waals surface area contributed by atoms with E-state index in [2.05, 4.69) is 25.8 Å². The summed E-state index contributed by atoms with van der Waals surface area (Å²) in [6.07, 6.45) is 1.71. The molecule has 2 heteroatoms. The number of pyridine rings is 1. The van der Waals surface area contributed by atoms with Crippen LogP contribution < -0.4 is 5.73 Å². The highest BCUT2D eigenvalue weighted by Gasteiger charge is 2.01. The molecule has 1 heterocycles. The summed E-state index contributed by atoms with van der Waals surface area (Å²) >= 11 is 0. The topological polar surface area (TPSA) is 38.9 Å². The summed E-state index contributed by atoms with van der Waals surface area (Å²) in [5, 5.41) is 0. The third-order valence-corrected chi connectivity index (χ3v) is 1.99. The second-order valence-corrected chi connectivity index (χ2v) is 3.06. The molecule has 2 nitrogen and oxygen atoms in total. The number of allylic oxidation sites excluding steroid dienone is 2. The third kappa shape index (κ3) is 1.64. The molecular weight excluding hydrogens is 148 g/mol. The standard InChI is InChI=1S/C10H14N2/c1-7(2)8(3)9-5-4-6-12-10(9)11/h4-6H,1-3H3,(H2,11,12). The summed E-state index contributed by atoms with van der Waals surface area (Å²) in [5.74, 6) is 0.608. The Hall–Kier alpha value is -1.31. The molecule has 0 radical (unpaired) electrons. The van der Waals surface area contributed by atoms with E-state index in [1.54, 1.807) is 6.20 Å². The molecule has 0 saturated carbocycles. The van der Waals surface area contributed by atoms with Gasteiger partial charge < -0.3 is 5.73 Å². The number of aromatic nitrogens is 1. The van der Waals surface area contributed by atoms with Crippen molar-refractivity contribution in [1.29, 1.82) is 0 Å². The largest absolute Gasteiger partial charge is 0.383 e. The van der Waals surface area contributed by atoms with Crippen LogP contribution in [0, 0.1) is 0 Å². The minimum Gasteiger partial charge on any atom is -0.383 e. The van der Waals surface area contributed by atoms with Gasteiger partial charge in [-0.05, 0) is 38.5 Å². The van der Waals surface area contributed by atoms with E-state index in [4.69, 9.17) is 5.73 Å². The highest BCUT2D eigenvalue weighted by atomic mass is 14.8. The molecule has 0 aliphatic heterocycles. The van der Waals surface area contributed by atoms with E-state index < -0.39 is 0 Å². The maximum absolute atomic E-state index is 5.71. The van der Waals surface area contributed by atoms with Crippen LogP contribution in [0.15, 0.2) is 23.9 Å². The van der Waals surface area contributed by atoms with E-state index in [1.807, 2.05) is 12.1 Å². The van der Waals surface area contributed by atoms with Crippen LogP contribution >= 0.6 is 0 Å². The Kier molecular flexibility index (Phi) is 2.48. The quantitative estimate of drug-likeness (QED) is 0.689. The Labute approximate surface area is 73.1 Å². The molecule has 1 rings (SSSR count). The van der Waals surface area contributed by atoms with Crippen molar-refractivity contribution in [3.63, 3.8) is 0 Å². The molecule has 0 aromatic carbocycles. The Morgan fingerprint density at radius 2 is 2.00 bits per heavy atom. The van der Waals surface area contributed by atoms with E-state index in [1.165, 1.54) is 11.1 Å². The van der Waals surface area contributed by atoms with Crippen LogP contribution in [0.25, 0.3) is 5.57 Å². The van der Waals surface area contributed by atoms with Crippen molar-refractivity contribution >= 4 is 11.4 Å². The molecule has 0 amide bonds. The molecule has 0 atom stereocenters. The van der Waals surface area contributed by atoms with Gasteiger partial charge in [-0.1, -0.05) is 5.57 Å². The van der Waals surface area contributed by atoms with Crippen molar-refractivity contribution in [3.8, 4) is 0 Å². The summed E-state index contributed by atoms with van der Waals surface area (Å²) < 4.78 is 0. The van der Waals surface area contributed by atoms with Gasteiger partial charge in [-0.15, -0.1) is 0 Å². The molecule has 0 bridgehead atoms. The molecule has 0 aliphatic carbocycles. The van der Waals surface area contributed by atoms with Gasteiger partial charge in [0.05, 0.1) is 0 Å². The Morgan fingerprint density at radius 1 is 1.33 bits per heavy atom. The fraction of sp³-hybridized carbons (Fsp3) is 0.300. The number of hydrogen-bond donors (Lipinski definition) is 1. The van der Waals surface area contributed by atoms with E-state index in [0.29, 0.717) is 5.82 Å². The minimum atomic E-state index is 0.608. The lowest BCUT2D eigenvalue weighted by molar-refractivity contribution is 1.29. The zero-order valence-corrected chi connectivity index (χ0v) is 7.76. The van der Waals surface area contributed by atoms with Crippen molar-refractivity contribution in [2.24, 2.45) is 0 Å². The summed E-state index contributed by atoms with van der Waals surface area (Å²) in [5.41, 5.74) is 9.24. The highest BCUT2D eigenvalue weighted by Crippen LogP contribution is 2.21. The van der Waals surface area contributed by atoms with Crippen molar-refractivity contribution in [2.45, 2.75) is 20.8 Å². The average Bonchev–Trinajstić information content (AvgIpc) is 2.04. The van der Waals surface area contributed by atoms with E-state index in [-0.39, 0.29) is 0 Å². The first-order chi connectivity index (χ1) is 5.63. The number of rotatable bonds is 1. The zero-order valence-electron chi connectivity index (χ0n) is 7.76. The predicted molar refractivity (Wildman–Crippen MR) is 52.6 cm³/mol. The molecule has 12 heavy (non-hydrogen) atoms. The fourth-order valence-electron chi connectivity index (χ4n) is 1.00. The van der Waals surface area contributed by atoms with E-state index in [0.717, 1.165) is 5.56 Å². The van der Waals surface area contributed by atoms with E-state index >= 15 is 0 Å². The number of nitrogens with two attached hydrogens (primary N) is 1. The third-order valence-electron chi connectivity index (χ3n) is 1.99. The lowest BCUT2D eigenvalue weighted by Gasteiger charge is -2.05. The van der Waals surface area contributed by atoms with Crippen LogP contribution in [0.4, 0.5) is 5.82 Å².